The van der Waals surface area contributed by atoms with E-state index in [-0.39, 0.29) is 10.6 Å². The number of hydrogen-bond donors (Lipinski definition) is 0. The van der Waals surface area contributed by atoms with Crippen LogP contribution in [0.2, 0.25) is 31.2 Å². The molecule has 0 atom stereocenters. The molecule has 0 saturated carbocycles. The van der Waals surface area contributed by atoms with E-state index in [1.807, 2.05) is 6.08 Å². The van der Waals surface area contributed by atoms with E-state index in [1.165, 1.54) is 71.6 Å². The summed E-state index contributed by atoms with van der Waals surface area (Å²) >= 11 is 0. The summed E-state index contributed by atoms with van der Waals surface area (Å²) in [6.45, 7) is 28.9. The van der Waals surface area contributed by atoms with Crippen molar-refractivity contribution in [1.29, 1.82) is 0 Å². The maximum atomic E-state index is 6.87. The van der Waals surface area contributed by atoms with Crippen LogP contribution in [0.1, 0.15) is 68.0 Å². The lowest BCUT2D eigenvalue weighted by Gasteiger charge is -2.41. The molecule has 5 aromatic carbocycles. The first-order valence-electron chi connectivity index (χ1n) is 18.6. The van der Waals surface area contributed by atoms with Crippen LogP contribution in [-0.2, 0) is 12.8 Å². The molecule has 0 amide bonds. The lowest BCUT2D eigenvalue weighted by Crippen LogP contribution is -2.55. The van der Waals surface area contributed by atoms with Crippen LogP contribution in [0.3, 0.4) is 0 Å². The van der Waals surface area contributed by atoms with Gasteiger partial charge >= 0.3 is 0 Å². The Morgan fingerprint density at radius 3 is 1.60 bits per heavy atom. The Hall–Kier alpha value is -3.93. The molecule has 0 spiro atoms. The fraction of sp³-hybridized carbons (Fsp3) is 0.319. The lowest BCUT2D eigenvalue weighted by atomic mass is 9.94. The van der Waals surface area contributed by atoms with Crippen molar-refractivity contribution in [3.05, 3.63) is 138 Å². The molecule has 0 bridgehead atoms. The Morgan fingerprint density at radius 1 is 0.660 bits per heavy atom. The maximum absolute atomic E-state index is 6.87. The highest BCUT2D eigenvalue weighted by atomic mass is 28.3. The molecule has 0 N–H and O–H groups in total. The highest BCUT2D eigenvalue weighted by Gasteiger charge is 2.46. The quantitative estimate of drug-likeness (QED) is 0.105. The van der Waals surface area contributed by atoms with E-state index >= 15 is 0 Å². The molecule has 3 heteroatoms. The van der Waals surface area contributed by atoms with Gasteiger partial charge in [-0.3, -0.25) is 0 Å². The third-order valence-corrected chi connectivity index (χ3v) is 21.3. The molecule has 6 rings (SSSR count). The standard InChI is InChI=1S/C47H56OSi2/c1-12-27-48-45-43(28-32(4)29-44(45)50(10,11)47(5,6)7)49(8,9)46-41-30-35(37-21-17-15-19-33(37)13-2)23-25-39(41)40-26-24-36(31-42(40)46)38-22-18-16-20-34(38)14-3/h12,15-26,28-31,46H,1,13-14,27H2,2-11H3. The van der Waals surface area contributed by atoms with Gasteiger partial charge in [-0.25, -0.2) is 0 Å². The zero-order valence-electron chi connectivity index (χ0n) is 32.1. The van der Waals surface area contributed by atoms with Crippen LogP contribution in [0.4, 0.5) is 0 Å². The van der Waals surface area contributed by atoms with Gasteiger partial charge in [0.1, 0.15) is 12.4 Å². The van der Waals surface area contributed by atoms with Gasteiger partial charge in [0.05, 0.1) is 16.1 Å². The summed E-state index contributed by atoms with van der Waals surface area (Å²) in [6.07, 6.45) is 3.93. The smallest absolute Gasteiger partial charge is 0.118 e. The van der Waals surface area contributed by atoms with Gasteiger partial charge in [-0.2, -0.15) is 0 Å². The molecule has 0 aliphatic heterocycles. The second-order valence-electron chi connectivity index (χ2n) is 16.4. The van der Waals surface area contributed by atoms with Gasteiger partial charge in [0.25, 0.3) is 0 Å². The highest BCUT2D eigenvalue weighted by Crippen LogP contribution is 2.52. The second kappa shape index (κ2) is 13.7. The van der Waals surface area contributed by atoms with Crippen molar-refractivity contribution in [2.45, 2.75) is 91.2 Å². The number of hydrogen-bond acceptors (Lipinski definition) is 1. The van der Waals surface area contributed by atoms with Gasteiger partial charge in [0, 0.05) is 5.54 Å². The minimum Gasteiger partial charge on any atom is -0.490 e. The first-order chi connectivity index (χ1) is 23.7. The number of benzene rings is 5. The Labute approximate surface area is 304 Å². The van der Waals surface area contributed by atoms with Crippen molar-refractivity contribution < 1.29 is 4.74 Å². The van der Waals surface area contributed by atoms with E-state index < -0.39 is 16.1 Å². The summed E-state index contributed by atoms with van der Waals surface area (Å²) in [5, 5.41) is 3.05. The number of rotatable bonds is 10. The molecule has 0 heterocycles. The first kappa shape index (κ1) is 35.9. The predicted octanol–water partition coefficient (Wildman–Crippen LogP) is 12.0. The molecular weight excluding hydrogens is 637 g/mol. The second-order valence-corrected chi connectivity index (χ2v) is 26.3. The fourth-order valence-electron chi connectivity index (χ4n) is 8.17. The summed E-state index contributed by atoms with van der Waals surface area (Å²) < 4.78 is 6.87. The molecule has 0 fully saturated rings. The van der Waals surface area contributed by atoms with Crippen LogP contribution in [-0.4, -0.2) is 22.8 Å². The molecule has 0 aromatic heterocycles. The molecule has 50 heavy (non-hydrogen) atoms. The molecule has 0 saturated heterocycles. The van der Waals surface area contributed by atoms with Crippen molar-refractivity contribution in [2.24, 2.45) is 0 Å². The highest BCUT2D eigenvalue weighted by molar-refractivity contribution is 6.95. The van der Waals surface area contributed by atoms with E-state index in [4.69, 9.17) is 4.74 Å². The molecule has 5 aromatic rings. The molecule has 1 aliphatic carbocycles. The lowest BCUT2D eigenvalue weighted by molar-refractivity contribution is 0.368. The molecule has 1 aliphatic rings. The van der Waals surface area contributed by atoms with E-state index in [0.29, 0.717) is 6.61 Å². The van der Waals surface area contributed by atoms with E-state index in [2.05, 4.69) is 171 Å². The van der Waals surface area contributed by atoms with E-state index in [0.717, 1.165) is 18.6 Å². The average molecular weight is 693 g/mol. The van der Waals surface area contributed by atoms with E-state index in [1.54, 1.807) is 0 Å². The zero-order chi connectivity index (χ0) is 36.0. The number of fused-ring (bicyclic) bond motifs is 3. The molecule has 0 unspecified atom stereocenters. The Kier molecular flexibility index (Phi) is 9.80. The van der Waals surface area contributed by atoms with Crippen LogP contribution < -0.4 is 15.1 Å². The minimum atomic E-state index is -2.37. The number of ether oxygens (including phenoxy) is 1. The van der Waals surface area contributed by atoms with Gasteiger partial charge in [-0.15, -0.1) is 0 Å². The normalized spacial score (nSPS) is 13.2. The number of aryl methyl sites for hydroxylation is 3. The Balaban J connectivity index is 1.65. The van der Waals surface area contributed by atoms with Crippen molar-refractivity contribution in [2.75, 3.05) is 6.61 Å². The van der Waals surface area contributed by atoms with Crippen molar-refractivity contribution >= 4 is 26.5 Å². The van der Waals surface area contributed by atoms with Crippen molar-refractivity contribution in [3.8, 4) is 39.1 Å². The van der Waals surface area contributed by atoms with Crippen LogP contribution in [0.15, 0.2) is 110 Å². The molecule has 258 valence electrons. The van der Waals surface area contributed by atoms with Crippen molar-refractivity contribution in [1.82, 2.24) is 0 Å². The maximum Gasteiger partial charge on any atom is 0.118 e. The van der Waals surface area contributed by atoms with Crippen LogP contribution in [0.5, 0.6) is 5.75 Å². The largest absolute Gasteiger partial charge is 0.490 e. The monoisotopic (exact) mass is 692 g/mol. The third-order valence-electron chi connectivity index (χ3n) is 12.0. The summed E-state index contributed by atoms with van der Waals surface area (Å²) in [4.78, 5) is 0. The van der Waals surface area contributed by atoms with Crippen LogP contribution in [0, 0.1) is 6.92 Å². The summed E-state index contributed by atoms with van der Waals surface area (Å²) in [6, 6.07) is 37.4. The van der Waals surface area contributed by atoms with Gasteiger partial charge in [0.2, 0.25) is 0 Å². The third kappa shape index (κ3) is 6.18. The summed E-state index contributed by atoms with van der Waals surface area (Å²) in [5.74, 6) is 1.13. The Morgan fingerprint density at radius 2 is 1.14 bits per heavy atom. The fourth-order valence-corrected chi connectivity index (χ4v) is 14.2. The average Bonchev–Trinajstić information content (AvgIpc) is 3.43. The van der Waals surface area contributed by atoms with Crippen LogP contribution >= 0.6 is 0 Å². The first-order valence-corrected chi connectivity index (χ1v) is 24.7. The van der Waals surface area contributed by atoms with E-state index in [9.17, 15) is 0 Å². The van der Waals surface area contributed by atoms with Gasteiger partial charge in [-0.05, 0) is 90.8 Å². The summed E-state index contributed by atoms with van der Waals surface area (Å²) in [5.41, 5.74) is 15.4. The van der Waals surface area contributed by atoms with Gasteiger partial charge in [0.15, 0.2) is 0 Å². The predicted molar refractivity (Wildman–Crippen MR) is 224 cm³/mol. The molecular formula is C47H56OSi2. The van der Waals surface area contributed by atoms with Crippen LogP contribution in [0.25, 0.3) is 33.4 Å². The molecule has 0 radical (unpaired) electrons. The molecule has 1 nitrogen and oxygen atoms in total. The SMILES string of the molecule is C=CCOc1c([Si](C)(C)C2c3cc(-c4ccccc4CC)ccc3-c3ccc(-c4ccccc4CC)cc32)cc(C)cc1[Si](C)(C)C(C)(C)C. The Bertz CT molecular complexity index is 1960. The van der Waals surface area contributed by atoms with Crippen molar-refractivity contribution in [3.63, 3.8) is 0 Å². The van der Waals surface area contributed by atoms with Gasteiger partial charge < -0.3 is 4.74 Å². The van der Waals surface area contributed by atoms with Gasteiger partial charge in [-0.1, -0.05) is 176 Å². The topological polar surface area (TPSA) is 9.23 Å². The summed E-state index contributed by atoms with van der Waals surface area (Å²) in [7, 11) is -4.34. The zero-order valence-corrected chi connectivity index (χ0v) is 34.1. The minimum absolute atomic E-state index is 0.172.